The van der Waals surface area contributed by atoms with Gasteiger partial charge in [0, 0.05) is 16.0 Å². The van der Waals surface area contributed by atoms with Gasteiger partial charge in [0.25, 0.3) is 11.8 Å². The van der Waals surface area contributed by atoms with E-state index in [2.05, 4.69) is 10.5 Å². The minimum Gasteiger partial charge on any atom is -0.490 e. The van der Waals surface area contributed by atoms with Crippen molar-refractivity contribution in [2.75, 3.05) is 18.1 Å². The molecule has 0 saturated heterocycles. The first-order valence-electron chi connectivity index (χ1n) is 11.8. The molecule has 0 bridgehead atoms. The summed E-state index contributed by atoms with van der Waals surface area (Å²) < 4.78 is 11.7. The van der Waals surface area contributed by atoms with Crippen molar-refractivity contribution < 1.29 is 19.1 Å². The second kappa shape index (κ2) is 10.7. The van der Waals surface area contributed by atoms with Gasteiger partial charge in [0.1, 0.15) is 13.2 Å². The molecule has 4 aromatic carbocycles. The average Bonchev–Trinajstić information content (AvgIpc) is 3.17. The van der Waals surface area contributed by atoms with Crippen LogP contribution in [0.2, 0.25) is 5.02 Å². The lowest BCUT2D eigenvalue weighted by Crippen LogP contribution is -2.37. The summed E-state index contributed by atoms with van der Waals surface area (Å²) in [7, 11) is 0. The summed E-state index contributed by atoms with van der Waals surface area (Å²) in [6.07, 6.45) is 1.52. The molecule has 7 nitrogen and oxygen atoms in total. The minimum absolute atomic E-state index is 0.133. The van der Waals surface area contributed by atoms with Gasteiger partial charge in [-0.2, -0.15) is 5.10 Å². The van der Waals surface area contributed by atoms with E-state index in [1.807, 2.05) is 67.6 Å². The van der Waals surface area contributed by atoms with Crippen molar-refractivity contribution in [3.05, 3.63) is 101 Å². The van der Waals surface area contributed by atoms with Crippen LogP contribution in [0.15, 0.2) is 84.0 Å². The van der Waals surface area contributed by atoms with Crippen molar-refractivity contribution in [2.45, 2.75) is 13.5 Å². The molecule has 0 fully saturated rings. The SMILES string of the molecule is CCOc1cc(/C=N\NC(=O)CN2C(=O)c3cccc4cccc2c34)ccc1OCc1ccc(Cl)cc1. The Kier molecular flexibility index (Phi) is 7.05. The molecule has 4 aromatic rings. The van der Waals surface area contributed by atoms with Crippen molar-refractivity contribution in [1.82, 2.24) is 5.43 Å². The number of carbonyl (C=O) groups excluding carboxylic acids is 2. The number of ether oxygens (including phenoxy) is 2. The van der Waals surface area contributed by atoms with Crippen molar-refractivity contribution in [3.63, 3.8) is 0 Å². The topological polar surface area (TPSA) is 80.2 Å². The molecular weight excluding hydrogens is 490 g/mol. The zero-order valence-corrected chi connectivity index (χ0v) is 20.9. The quantitative estimate of drug-likeness (QED) is 0.234. The van der Waals surface area contributed by atoms with E-state index in [9.17, 15) is 9.59 Å². The normalized spacial score (nSPS) is 12.4. The summed E-state index contributed by atoms with van der Waals surface area (Å²) in [5.74, 6) is 0.573. The number of rotatable bonds is 9. The molecule has 1 heterocycles. The van der Waals surface area contributed by atoms with Gasteiger partial charge in [-0.15, -0.1) is 0 Å². The van der Waals surface area contributed by atoms with Crippen molar-refractivity contribution in [2.24, 2.45) is 5.10 Å². The molecule has 1 N–H and O–H groups in total. The van der Waals surface area contributed by atoms with E-state index in [0.717, 1.165) is 27.6 Å². The first kappa shape index (κ1) is 24.3. The number of nitrogens with one attached hydrogen (secondary N) is 1. The van der Waals surface area contributed by atoms with Gasteiger partial charge in [-0.05, 0) is 65.9 Å². The standard InChI is InChI=1S/C29H24ClN3O4/c1-2-36-26-15-20(11-14-25(26)37-18-19-9-12-22(30)13-10-19)16-31-32-27(34)17-33-24-8-4-6-21-5-3-7-23(28(21)24)29(33)35/h3-16H,2,17-18H2,1H3,(H,32,34)/b31-16-. The molecule has 1 aliphatic rings. The molecule has 0 saturated carbocycles. The summed E-state index contributed by atoms with van der Waals surface area (Å²) in [6.45, 7) is 2.59. The van der Waals surface area contributed by atoms with Crippen LogP contribution < -0.4 is 19.8 Å². The Morgan fingerprint density at radius 1 is 1.00 bits per heavy atom. The van der Waals surface area contributed by atoms with Crippen LogP contribution in [0.3, 0.4) is 0 Å². The highest BCUT2D eigenvalue weighted by atomic mass is 35.5. The number of benzene rings is 4. The fraction of sp³-hybridized carbons (Fsp3) is 0.138. The molecule has 0 unspecified atom stereocenters. The highest BCUT2D eigenvalue weighted by Gasteiger charge is 2.30. The van der Waals surface area contributed by atoms with Gasteiger partial charge in [-0.1, -0.05) is 48.0 Å². The molecule has 0 aliphatic carbocycles. The first-order chi connectivity index (χ1) is 18.0. The van der Waals surface area contributed by atoms with Crippen molar-refractivity contribution in [1.29, 1.82) is 0 Å². The van der Waals surface area contributed by atoms with E-state index in [1.54, 1.807) is 18.2 Å². The van der Waals surface area contributed by atoms with Crippen LogP contribution in [0, 0.1) is 0 Å². The van der Waals surface area contributed by atoms with Crippen LogP contribution in [0.25, 0.3) is 10.8 Å². The van der Waals surface area contributed by atoms with Crippen LogP contribution in [0.1, 0.15) is 28.4 Å². The fourth-order valence-electron chi connectivity index (χ4n) is 4.23. The Morgan fingerprint density at radius 3 is 2.57 bits per heavy atom. The van der Waals surface area contributed by atoms with Gasteiger partial charge < -0.3 is 9.47 Å². The Morgan fingerprint density at radius 2 is 1.78 bits per heavy atom. The summed E-state index contributed by atoms with van der Waals surface area (Å²) in [6, 6.07) is 24.1. The molecule has 0 spiro atoms. The van der Waals surface area contributed by atoms with Crippen LogP contribution in [0.4, 0.5) is 5.69 Å². The second-order valence-electron chi connectivity index (χ2n) is 8.42. The first-order valence-corrected chi connectivity index (χ1v) is 12.2. The summed E-state index contributed by atoms with van der Waals surface area (Å²) in [5, 5.41) is 6.57. The maximum atomic E-state index is 12.9. The van der Waals surface area contributed by atoms with E-state index in [0.29, 0.717) is 35.3 Å². The Labute approximate surface area is 219 Å². The van der Waals surface area contributed by atoms with E-state index in [1.165, 1.54) is 11.1 Å². The molecule has 37 heavy (non-hydrogen) atoms. The van der Waals surface area contributed by atoms with Gasteiger partial charge in [0.05, 0.1) is 18.5 Å². The highest BCUT2D eigenvalue weighted by molar-refractivity contribution is 6.30. The summed E-state index contributed by atoms with van der Waals surface area (Å²) in [5.41, 5.74) is 5.54. The highest BCUT2D eigenvalue weighted by Crippen LogP contribution is 2.36. The number of hydrogen-bond acceptors (Lipinski definition) is 5. The Hall–Kier alpha value is -4.36. The van der Waals surface area contributed by atoms with E-state index < -0.39 is 5.91 Å². The fourth-order valence-corrected chi connectivity index (χ4v) is 4.35. The predicted molar refractivity (Wildman–Crippen MR) is 145 cm³/mol. The number of hydrazone groups is 1. The maximum Gasteiger partial charge on any atom is 0.260 e. The molecule has 5 rings (SSSR count). The van der Waals surface area contributed by atoms with Gasteiger partial charge in [-0.3, -0.25) is 14.5 Å². The molecule has 0 atom stereocenters. The summed E-state index contributed by atoms with van der Waals surface area (Å²) >= 11 is 5.94. The number of carbonyl (C=O) groups is 2. The van der Waals surface area contributed by atoms with E-state index in [-0.39, 0.29) is 12.5 Å². The largest absolute Gasteiger partial charge is 0.490 e. The number of anilines is 1. The predicted octanol–water partition coefficient (Wildman–Crippen LogP) is 5.58. The lowest BCUT2D eigenvalue weighted by Gasteiger charge is -2.16. The van der Waals surface area contributed by atoms with Crippen molar-refractivity contribution >= 4 is 46.1 Å². The van der Waals surface area contributed by atoms with Gasteiger partial charge >= 0.3 is 0 Å². The maximum absolute atomic E-state index is 12.9. The Bertz CT molecular complexity index is 1500. The summed E-state index contributed by atoms with van der Waals surface area (Å²) in [4.78, 5) is 26.9. The zero-order valence-electron chi connectivity index (χ0n) is 20.1. The smallest absolute Gasteiger partial charge is 0.260 e. The molecule has 8 heteroatoms. The van der Waals surface area contributed by atoms with Gasteiger partial charge in [0.15, 0.2) is 11.5 Å². The second-order valence-corrected chi connectivity index (χ2v) is 8.86. The molecule has 1 aliphatic heterocycles. The number of nitrogens with zero attached hydrogens (tertiary/aromatic N) is 2. The Balaban J connectivity index is 1.22. The molecule has 2 amide bonds. The minimum atomic E-state index is -0.401. The van der Waals surface area contributed by atoms with E-state index >= 15 is 0 Å². The van der Waals surface area contributed by atoms with E-state index in [4.69, 9.17) is 21.1 Å². The molecule has 186 valence electrons. The average molecular weight is 514 g/mol. The van der Waals surface area contributed by atoms with Gasteiger partial charge in [0.2, 0.25) is 0 Å². The number of amides is 2. The van der Waals surface area contributed by atoms with Crippen LogP contribution in [0.5, 0.6) is 11.5 Å². The van der Waals surface area contributed by atoms with Crippen LogP contribution >= 0.6 is 11.6 Å². The third-order valence-corrected chi connectivity index (χ3v) is 6.18. The van der Waals surface area contributed by atoms with Gasteiger partial charge in [-0.25, -0.2) is 5.43 Å². The van der Waals surface area contributed by atoms with Crippen LogP contribution in [-0.2, 0) is 11.4 Å². The third kappa shape index (κ3) is 5.27. The monoisotopic (exact) mass is 513 g/mol. The van der Waals surface area contributed by atoms with Crippen molar-refractivity contribution in [3.8, 4) is 11.5 Å². The lowest BCUT2D eigenvalue weighted by molar-refractivity contribution is -0.119. The molecular formula is C29H24ClN3O4. The third-order valence-electron chi connectivity index (χ3n) is 5.93. The molecule has 0 radical (unpaired) electrons. The zero-order chi connectivity index (χ0) is 25.8. The molecule has 0 aromatic heterocycles. The lowest BCUT2D eigenvalue weighted by atomic mass is 10.1. The number of halogens is 1. The van der Waals surface area contributed by atoms with Crippen LogP contribution in [-0.4, -0.2) is 31.2 Å². The number of hydrogen-bond donors (Lipinski definition) is 1.